The molecule has 9 heteroatoms. The number of hydrogen-bond donors (Lipinski definition) is 1. The molecule has 1 aliphatic rings. The molecule has 0 bridgehead atoms. The molecule has 6 nitrogen and oxygen atoms in total. The van der Waals surface area contributed by atoms with Gasteiger partial charge in [-0.3, -0.25) is 19.8 Å². The molecule has 5 rings (SSSR count). The minimum Gasteiger partial charge on any atom is -0.489 e. The molecule has 0 atom stereocenters. The third-order valence-corrected chi connectivity index (χ3v) is 7.71. The summed E-state index contributed by atoms with van der Waals surface area (Å²) >= 11 is 12.1. The van der Waals surface area contributed by atoms with Crippen molar-refractivity contribution in [3.05, 3.63) is 116 Å². The van der Waals surface area contributed by atoms with Gasteiger partial charge >= 0.3 is 0 Å². The molecule has 0 radical (unpaired) electrons. The quantitative estimate of drug-likeness (QED) is 0.137. The van der Waals surface area contributed by atoms with Crippen LogP contribution >= 0.6 is 44.1 Å². The monoisotopic (exact) mass is 663 g/mol. The SMILES string of the molecule is Cc1cc(/C=C2\C(=O)NC(=S)N(c3ccc(Br)cc3)C2=O)c(C)n1-c1ccc(OCc2ccc(Br)cc2)cc1. The molecule has 2 amide bonds. The maximum Gasteiger partial charge on any atom is 0.270 e. The van der Waals surface area contributed by atoms with E-state index in [-0.39, 0.29) is 10.7 Å². The summed E-state index contributed by atoms with van der Waals surface area (Å²) in [5, 5.41) is 2.70. The molecule has 1 aromatic heterocycles. The summed E-state index contributed by atoms with van der Waals surface area (Å²) in [5.74, 6) is -0.224. The topological polar surface area (TPSA) is 63.6 Å². The lowest BCUT2D eigenvalue weighted by molar-refractivity contribution is -0.122. The first-order valence-corrected chi connectivity index (χ1v) is 14.0. The maximum absolute atomic E-state index is 13.4. The first-order chi connectivity index (χ1) is 18.7. The summed E-state index contributed by atoms with van der Waals surface area (Å²) in [7, 11) is 0. The molecule has 39 heavy (non-hydrogen) atoms. The zero-order chi connectivity index (χ0) is 27.7. The number of carbonyl (C=O) groups is 2. The molecule has 0 unspecified atom stereocenters. The predicted octanol–water partition coefficient (Wildman–Crippen LogP) is 7.03. The van der Waals surface area contributed by atoms with Crippen LogP contribution in [0.3, 0.4) is 0 Å². The number of nitrogens with zero attached hydrogens (tertiary/aromatic N) is 2. The smallest absolute Gasteiger partial charge is 0.270 e. The van der Waals surface area contributed by atoms with Crippen LogP contribution in [0.2, 0.25) is 0 Å². The number of anilines is 1. The maximum atomic E-state index is 13.4. The van der Waals surface area contributed by atoms with E-state index in [0.717, 1.165) is 42.9 Å². The summed E-state index contributed by atoms with van der Waals surface area (Å²) in [6.07, 6.45) is 1.62. The third kappa shape index (κ3) is 5.75. The average Bonchev–Trinajstić information content (AvgIpc) is 3.20. The summed E-state index contributed by atoms with van der Waals surface area (Å²) in [5.41, 5.74) is 5.25. The van der Waals surface area contributed by atoms with Gasteiger partial charge < -0.3 is 9.30 Å². The first-order valence-electron chi connectivity index (χ1n) is 12.0. The number of benzene rings is 3. The van der Waals surface area contributed by atoms with Crippen LogP contribution < -0.4 is 15.0 Å². The minimum atomic E-state index is -0.518. The predicted molar refractivity (Wildman–Crippen MR) is 164 cm³/mol. The Kier molecular flexibility index (Phi) is 7.83. The Balaban J connectivity index is 1.39. The van der Waals surface area contributed by atoms with Crippen molar-refractivity contribution in [1.29, 1.82) is 0 Å². The lowest BCUT2D eigenvalue weighted by Crippen LogP contribution is -2.54. The van der Waals surface area contributed by atoms with Crippen LogP contribution in [-0.4, -0.2) is 21.5 Å². The highest BCUT2D eigenvalue weighted by atomic mass is 79.9. The molecule has 196 valence electrons. The minimum absolute atomic E-state index is 0.0171. The van der Waals surface area contributed by atoms with Crippen LogP contribution in [0.1, 0.15) is 22.5 Å². The first kappa shape index (κ1) is 27.1. The fourth-order valence-electron chi connectivity index (χ4n) is 4.41. The Labute approximate surface area is 248 Å². The van der Waals surface area contributed by atoms with Gasteiger partial charge in [0.15, 0.2) is 5.11 Å². The van der Waals surface area contributed by atoms with Gasteiger partial charge in [-0.1, -0.05) is 44.0 Å². The number of aryl methyl sites for hydroxylation is 1. The Morgan fingerprint density at radius 3 is 2.10 bits per heavy atom. The van der Waals surface area contributed by atoms with E-state index >= 15 is 0 Å². The van der Waals surface area contributed by atoms with Crippen molar-refractivity contribution in [2.24, 2.45) is 0 Å². The van der Waals surface area contributed by atoms with E-state index in [0.29, 0.717) is 12.3 Å². The normalized spacial score (nSPS) is 14.6. The zero-order valence-corrected chi connectivity index (χ0v) is 25.1. The van der Waals surface area contributed by atoms with Crippen molar-refractivity contribution in [1.82, 2.24) is 9.88 Å². The molecular weight excluding hydrogens is 642 g/mol. The Bertz CT molecular complexity index is 1610. The highest BCUT2D eigenvalue weighted by Gasteiger charge is 2.34. The number of ether oxygens (including phenoxy) is 1. The van der Waals surface area contributed by atoms with Crippen LogP contribution in [0, 0.1) is 13.8 Å². The van der Waals surface area contributed by atoms with Crippen LogP contribution in [0.15, 0.2) is 93.4 Å². The molecule has 1 saturated heterocycles. The summed E-state index contributed by atoms with van der Waals surface area (Å²) < 4.78 is 9.92. The van der Waals surface area contributed by atoms with Crippen LogP contribution in [0.25, 0.3) is 11.8 Å². The Hall–Kier alpha value is -3.53. The van der Waals surface area contributed by atoms with Gasteiger partial charge in [-0.2, -0.15) is 0 Å². The van der Waals surface area contributed by atoms with E-state index in [4.69, 9.17) is 17.0 Å². The summed E-state index contributed by atoms with van der Waals surface area (Å²) in [4.78, 5) is 27.5. The molecule has 0 saturated carbocycles. The fourth-order valence-corrected chi connectivity index (χ4v) is 5.22. The van der Waals surface area contributed by atoms with Gasteiger partial charge in [0.25, 0.3) is 11.8 Å². The van der Waals surface area contributed by atoms with E-state index in [1.165, 1.54) is 4.90 Å². The lowest BCUT2D eigenvalue weighted by Gasteiger charge is -2.29. The van der Waals surface area contributed by atoms with Crippen LogP contribution in [0.5, 0.6) is 5.75 Å². The largest absolute Gasteiger partial charge is 0.489 e. The fraction of sp³-hybridized carbons (Fsp3) is 0.100. The standard InChI is InChI=1S/C30H23Br2N3O3S/c1-18-15-21(16-27-28(36)33-30(39)35(29(27)37)25-9-7-23(32)8-10-25)19(2)34(18)24-11-13-26(14-12-24)38-17-20-3-5-22(31)6-4-20/h3-16H,17H2,1-2H3,(H,33,36,39)/b27-16+. The molecule has 2 heterocycles. The molecule has 1 N–H and O–H groups in total. The second kappa shape index (κ2) is 11.3. The summed E-state index contributed by atoms with van der Waals surface area (Å²) in [6, 6.07) is 25.0. The third-order valence-electron chi connectivity index (χ3n) is 6.37. The molecule has 4 aromatic rings. The number of hydrogen-bond acceptors (Lipinski definition) is 4. The van der Waals surface area contributed by atoms with Gasteiger partial charge in [0.05, 0.1) is 5.69 Å². The number of halogens is 2. The van der Waals surface area contributed by atoms with Crippen molar-refractivity contribution in [3.8, 4) is 11.4 Å². The second-order valence-electron chi connectivity index (χ2n) is 9.01. The number of aromatic nitrogens is 1. The van der Waals surface area contributed by atoms with E-state index in [1.807, 2.05) is 80.6 Å². The van der Waals surface area contributed by atoms with Gasteiger partial charge in [-0.05, 0) is 110 Å². The number of thiocarbonyl (C=S) groups is 1. The summed E-state index contributed by atoms with van der Waals surface area (Å²) in [6.45, 7) is 4.42. The molecule has 0 spiro atoms. The Morgan fingerprint density at radius 2 is 1.46 bits per heavy atom. The van der Waals surface area contributed by atoms with E-state index in [9.17, 15) is 9.59 Å². The molecule has 1 aliphatic heterocycles. The van der Waals surface area contributed by atoms with Crippen LogP contribution in [0.4, 0.5) is 5.69 Å². The van der Waals surface area contributed by atoms with Crippen molar-refractivity contribution in [2.75, 3.05) is 4.90 Å². The highest BCUT2D eigenvalue weighted by molar-refractivity contribution is 9.10. The number of carbonyl (C=O) groups excluding carboxylic acids is 2. The number of nitrogens with one attached hydrogen (secondary N) is 1. The van der Waals surface area contributed by atoms with E-state index in [2.05, 4.69) is 41.7 Å². The Morgan fingerprint density at radius 1 is 0.872 bits per heavy atom. The molecular formula is C30H23Br2N3O3S. The zero-order valence-electron chi connectivity index (χ0n) is 21.1. The molecule has 1 fully saturated rings. The molecule has 0 aliphatic carbocycles. The van der Waals surface area contributed by atoms with Crippen molar-refractivity contribution < 1.29 is 14.3 Å². The lowest BCUT2D eigenvalue weighted by atomic mass is 10.1. The highest BCUT2D eigenvalue weighted by Crippen LogP contribution is 2.28. The van der Waals surface area contributed by atoms with E-state index < -0.39 is 11.8 Å². The van der Waals surface area contributed by atoms with Crippen molar-refractivity contribution >= 4 is 72.8 Å². The molecule has 3 aromatic carbocycles. The van der Waals surface area contributed by atoms with Gasteiger partial charge in [0.1, 0.15) is 17.9 Å². The van der Waals surface area contributed by atoms with Crippen molar-refractivity contribution in [3.63, 3.8) is 0 Å². The number of rotatable bonds is 6. The average molecular weight is 665 g/mol. The van der Waals surface area contributed by atoms with E-state index in [1.54, 1.807) is 18.2 Å². The van der Waals surface area contributed by atoms with Crippen molar-refractivity contribution in [2.45, 2.75) is 20.5 Å². The van der Waals surface area contributed by atoms with Crippen LogP contribution in [-0.2, 0) is 16.2 Å². The van der Waals surface area contributed by atoms with Gasteiger partial charge in [-0.15, -0.1) is 0 Å². The van der Waals surface area contributed by atoms with Gasteiger partial charge in [-0.25, -0.2) is 0 Å². The number of amides is 2. The van der Waals surface area contributed by atoms with Gasteiger partial charge in [0.2, 0.25) is 0 Å². The second-order valence-corrected chi connectivity index (χ2v) is 11.2. The van der Waals surface area contributed by atoms with Gasteiger partial charge in [0, 0.05) is 26.0 Å².